The predicted molar refractivity (Wildman–Crippen MR) is 113 cm³/mol. The number of hydrogen-bond donors (Lipinski definition) is 0. The van der Waals surface area contributed by atoms with E-state index in [4.69, 9.17) is 9.47 Å². The Kier molecular flexibility index (Phi) is 7.45. The lowest BCUT2D eigenvalue weighted by Crippen LogP contribution is -2.27. The van der Waals surface area contributed by atoms with Crippen molar-refractivity contribution < 1.29 is 19.1 Å². The van der Waals surface area contributed by atoms with Gasteiger partial charge in [0.05, 0.1) is 5.56 Å². The molecule has 1 aliphatic rings. The summed E-state index contributed by atoms with van der Waals surface area (Å²) >= 11 is 0. The zero-order valence-corrected chi connectivity index (χ0v) is 17.3. The quantitative estimate of drug-likeness (QED) is 0.569. The molecule has 1 fully saturated rings. The number of benzene rings is 2. The summed E-state index contributed by atoms with van der Waals surface area (Å²) in [5, 5.41) is 0. The highest BCUT2D eigenvalue weighted by atomic mass is 16.6. The van der Waals surface area contributed by atoms with E-state index in [0.717, 1.165) is 32.1 Å². The maximum absolute atomic E-state index is 12.9. The summed E-state index contributed by atoms with van der Waals surface area (Å²) < 4.78 is 11.3. The Morgan fingerprint density at radius 3 is 2.21 bits per heavy atom. The van der Waals surface area contributed by atoms with Gasteiger partial charge in [0.1, 0.15) is 6.10 Å². The lowest BCUT2D eigenvalue weighted by molar-refractivity contribution is -0.161. The molecule has 1 atom stereocenters. The van der Waals surface area contributed by atoms with Gasteiger partial charge in [-0.2, -0.15) is 0 Å². The first kappa shape index (κ1) is 21.1. The standard InChI is InChI=1S/C25H30O4/c1-18(2)17-19-13-15-21(16-14-19)24(26)29-23(20-9-5-3-6-10-20)25(27)28-22-11-7-4-8-12-22/h3,5-6,9-10,13-16,18,22-23H,4,7-8,11-12,17H2,1-2H3. The van der Waals surface area contributed by atoms with Crippen LogP contribution >= 0.6 is 0 Å². The summed E-state index contributed by atoms with van der Waals surface area (Å²) in [6.45, 7) is 4.31. The van der Waals surface area contributed by atoms with Crippen LogP contribution in [0.15, 0.2) is 54.6 Å². The van der Waals surface area contributed by atoms with E-state index in [1.165, 1.54) is 12.0 Å². The zero-order valence-electron chi connectivity index (χ0n) is 17.3. The van der Waals surface area contributed by atoms with Gasteiger partial charge >= 0.3 is 11.9 Å². The summed E-state index contributed by atoms with van der Waals surface area (Å²) in [7, 11) is 0. The molecule has 0 aliphatic heterocycles. The minimum absolute atomic E-state index is 0.0866. The monoisotopic (exact) mass is 394 g/mol. The number of carbonyl (C=O) groups is 2. The van der Waals surface area contributed by atoms with Crippen LogP contribution in [0.25, 0.3) is 0 Å². The summed E-state index contributed by atoms with van der Waals surface area (Å²) in [4.78, 5) is 25.6. The third-order valence-electron chi connectivity index (χ3n) is 5.21. The lowest BCUT2D eigenvalue weighted by Gasteiger charge is -2.25. The first-order chi connectivity index (χ1) is 14.0. The van der Waals surface area contributed by atoms with Crippen molar-refractivity contribution in [3.05, 3.63) is 71.3 Å². The largest absolute Gasteiger partial charge is 0.459 e. The average molecular weight is 395 g/mol. The van der Waals surface area contributed by atoms with Crippen LogP contribution in [0.2, 0.25) is 0 Å². The van der Waals surface area contributed by atoms with Gasteiger partial charge in [-0.15, -0.1) is 0 Å². The van der Waals surface area contributed by atoms with Gasteiger partial charge < -0.3 is 9.47 Å². The molecule has 0 spiro atoms. The highest BCUT2D eigenvalue weighted by Gasteiger charge is 2.30. The summed E-state index contributed by atoms with van der Waals surface area (Å²) in [5.41, 5.74) is 2.23. The van der Waals surface area contributed by atoms with Gasteiger partial charge in [-0.05, 0) is 55.7 Å². The molecule has 1 saturated carbocycles. The molecule has 0 saturated heterocycles. The van der Waals surface area contributed by atoms with Crippen molar-refractivity contribution in [2.75, 3.05) is 0 Å². The molecule has 0 bridgehead atoms. The van der Waals surface area contributed by atoms with Crippen molar-refractivity contribution in [2.45, 2.75) is 64.6 Å². The molecule has 4 nitrogen and oxygen atoms in total. The van der Waals surface area contributed by atoms with Gasteiger partial charge in [0.25, 0.3) is 0 Å². The fourth-order valence-electron chi connectivity index (χ4n) is 3.71. The first-order valence-electron chi connectivity index (χ1n) is 10.6. The van der Waals surface area contributed by atoms with Gasteiger partial charge in [-0.1, -0.05) is 62.7 Å². The summed E-state index contributed by atoms with van der Waals surface area (Å²) in [5.74, 6) is -0.465. The molecule has 2 aromatic rings. The highest BCUT2D eigenvalue weighted by molar-refractivity contribution is 5.91. The van der Waals surface area contributed by atoms with Gasteiger partial charge in [-0.25, -0.2) is 9.59 Å². The highest BCUT2D eigenvalue weighted by Crippen LogP contribution is 2.26. The first-order valence-corrected chi connectivity index (χ1v) is 10.6. The molecule has 29 heavy (non-hydrogen) atoms. The van der Waals surface area contributed by atoms with Crippen molar-refractivity contribution in [3.63, 3.8) is 0 Å². The third kappa shape index (κ3) is 6.18. The molecule has 3 rings (SSSR count). The van der Waals surface area contributed by atoms with Gasteiger partial charge in [-0.3, -0.25) is 0 Å². The molecule has 4 heteroatoms. The Morgan fingerprint density at radius 2 is 1.59 bits per heavy atom. The summed E-state index contributed by atoms with van der Waals surface area (Å²) in [6, 6.07) is 16.5. The second-order valence-electron chi connectivity index (χ2n) is 8.19. The van der Waals surface area contributed by atoms with E-state index < -0.39 is 18.0 Å². The number of ether oxygens (including phenoxy) is 2. The van der Waals surface area contributed by atoms with Gasteiger partial charge in [0.2, 0.25) is 6.10 Å². The smallest absolute Gasteiger partial charge is 0.352 e. The van der Waals surface area contributed by atoms with Crippen molar-refractivity contribution in [2.24, 2.45) is 5.92 Å². The molecule has 1 unspecified atom stereocenters. The number of hydrogen-bond acceptors (Lipinski definition) is 4. The molecule has 0 N–H and O–H groups in total. The molecular formula is C25H30O4. The average Bonchev–Trinajstić information content (AvgIpc) is 2.73. The molecule has 1 aliphatic carbocycles. The second kappa shape index (κ2) is 10.2. The van der Waals surface area contributed by atoms with Crippen LogP contribution < -0.4 is 0 Å². The van der Waals surface area contributed by atoms with Crippen molar-refractivity contribution >= 4 is 11.9 Å². The number of esters is 2. The number of carbonyl (C=O) groups excluding carboxylic acids is 2. The van der Waals surface area contributed by atoms with E-state index in [2.05, 4.69) is 13.8 Å². The van der Waals surface area contributed by atoms with Crippen LogP contribution in [0, 0.1) is 5.92 Å². The molecule has 0 aromatic heterocycles. The summed E-state index contributed by atoms with van der Waals surface area (Å²) in [6.07, 6.45) is 4.87. The van der Waals surface area contributed by atoms with Crippen LogP contribution in [0.5, 0.6) is 0 Å². The fraction of sp³-hybridized carbons (Fsp3) is 0.440. The Labute approximate surface area is 173 Å². The normalized spacial score (nSPS) is 15.7. The maximum atomic E-state index is 12.9. The van der Waals surface area contributed by atoms with Gasteiger partial charge in [0, 0.05) is 5.56 Å². The molecule has 0 radical (unpaired) electrons. The van der Waals surface area contributed by atoms with E-state index in [0.29, 0.717) is 17.0 Å². The van der Waals surface area contributed by atoms with Crippen molar-refractivity contribution in [1.82, 2.24) is 0 Å². The van der Waals surface area contributed by atoms with E-state index in [9.17, 15) is 9.59 Å². The Morgan fingerprint density at radius 1 is 0.931 bits per heavy atom. The molecule has 2 aromatic carbocycles. The molecule has 0 heterocycles. The molecule has 0 amide bonds. The molecular weight excluding hydrogens is 364 g/mol. The minimum Gasteiger partial charge on any atom is -0.459 e. The second-order valence-corrected chi connectivity index (χ2v) is 8.19. The van der Waals surface area contributed by atoms with Crippen LogP contribution in [0.3, 0.4) is 0 Å². The van der Waals surface area contributed by atoms with E-state index in [1.807, 2.05) is 30.3 Å². The van der Waals surface area contributed by atoms with Crippen LogP contribution in [-0.2, 0) is 20.7 Å². The topological polar surface area (TPSA) is 52.6 Å². The maximum Gasteiger partial charge on any atom is 0.352 e. The minimum atomic E-state index is -1.05. The van der Waals surface area contributed by atoms with Crippen LogP contribution in [-0.4, -0.2) is 18.0 Å². The Bertz CT molecular complexity index is 789. The Balaban J connectivity index is 1.72. The van der Waals surface area contributed by atoms with Gasteiger partial charge in [0.15, 0.2) is 0 Å². The predicted octanol–water partition coefficient (Wildman–Crippen LogP) is 5.66. The lowest BCUT2D eigenvalue weighted by atomic mass is 9.97. The van der Waals surface area contributed by atoms with Crippen molar-refractivity contribution in [3.8, 4) is 0 Å². The van der Waals surface area contributed by atoms with Crippen LogP contribution in [0.4, 0.5) is 0 Å². The fourth-order valence-corrected chi connectivity index (χ4v) is 3.71. The SMILES string of the molecule is CC(C)Cc1ccc(C(=O)OC(C(=O)OC2CCCCC2)c2ccccc2)cc1. The number of rotatable bonds is 7. The van der Waals surface area contributed by atoms with E-state index in [1.54, 1.807) is 24.3 Å². The van der Waals surface area contributed by atoms with E-state index in [-0.39, 0.29) is 6.10 Å². The third-order valence-corrected chi connectivity index (χ3v) is 5.21. The zero-order chi connectivity index (χ0) is 20.6. The molecule has 154 valence electrons. The van der Waals surface area contributed by atoms with E-state index >= 15 is 0 Å². The van der Waals surface area contributed by atoms with Crippen LogP contribution in [0.1, 0.15) is 73.5 Å². The van der Waals surface area contributed by atoms with Crippen molar-refractivity contribution in [1.29, 1.82) is 0 Å². The Hall–Kier alpha value is -2.62.